The lowest BCUT2D eigenvalue weighted by Crippen LogP contribution is -2.42. The van der Waals surface area contributed by atoms with Crippen LogP contribution in [0.1, 0.15) is 38.2 Å². The van der Waals surface area contributed by atoms with Crippen LogP contribution in [-0.4, -0.2) is 30.6 Å². The van der Waals surface area contributed by atoms with Crippen molar-refractivity contribution in [2.75, 3.05) is 13.6 Å². The molecule has 0 amide bonds. The molecule has 0 aliphatic heterocycles. The molecule has 1 aliphatic rings. The predicted molar refractivity (Wildman–Crippen MR) is 75.5 cm³/mol. The topological polar surface area (TPSA) is 15.3 Å². The van der Waals surface area contributed by atoms with Crippen LogP contribution >= 0.6 is 11.3 Å². The molecule has 0 saturated heterocycles. The molecule has 1 fully saturated rings. The summed E-state index contributed by atoms with van der Waals surface area (Å²) in [5.74, 6) is 0. The van der Waals surface area contributed by atoms with Crippen LogP contribution in [0.25, 0.3) is 0 Å². The molecule has 1 aromatic heterocycles. The molecular weight excluding hydrogens is 228 g/mol. The number of hydrogen-bond acceptors (Lipinski definition) is 3. The van der Waals surface area contributed by atoms with Crippen LogP contribution in [0.4, 0.5) is 0 Å². The van der Waals surface area contributed by atoms with Crippen molar-refractivity contribution in [1.29, 1.82) is 0 Å². The van der Waals surface area contributed by atoms with Crippen molar-refractivity contribution >= 4 is 11.3 Å². The second-order valence-corrected chi connectivity index (χ2v) is 5.82. The highest BCUT2D eigenvalue weighted by Gasteiger charge is 2.33. The van der Waals surface area contributed by atoms with Crippen molar-refractivity contribution in [3.05, 3.63) is 22.4 Å². The van der Waals surface area contributed by atoms with Gasteiger partial charge in [-0.1, -0.05) is 13.3 Å². The van der Waals surface area contributed by atoms with Gasteiger partial charge in [0.05, 0.1) is 0 Å². The second kappa shape index (κ2) is 6.53. The fourth-order valence-corrected chi connectivity index (χ4v) is 3.17. The number of thiophene rings is 1. The molecule has 17 heavy (non-hydrogen) atoms. The number of likely N-dealkylation sites (N-methyl/N-ethyl adjacent to an activating group) is 1. The van der Waals surface area contributed by atoms with E-state index in [1.54, 1.807) is 0 Å². The highest BCUT2D eigenvalue weighted by Crippen LogP contribution is 2.31. The van der Waals surface area contributed by atoms with Gasteiger partial charge in [-0.05, 0) is 48.7 Å². The van der Waals surface area contributed by atoms with E-state index >= 15 is 0 Å². The lowest BCUT2D eigenvalue weighted by Gasteiger charge is -2.31. The van der Waals surface area contributed by atoms with Crippen LogP contribution in [-0.2, 0) is 6.54 Å². The van der Waals surface area contributed by atoms with Gasteiger partial charge in [0.15, 0.2) is 0 Å². The molecule has 1 aromatic rings. The number of rotatable bonds is 8. The van der Waals surface area contributed by atoms with Crippen LogP contribution in [0.2, 0.25) is 0 Å². The highest BCUT2D eigenvalue weighted by atomic mass is 32.1. The fourth-order valence-electron chi connectivity index (χ4n) is 2.51. The maximum absolute atomic E-state index is 3.36. The van der Waals surface area contributed by atoms with E-state index in [4.69, 9.17) is 0 Å². The van der Waals surface area contributed by atoms with Gasteiger partial charge in [-0.2, -0.15) is 11.3 Å². The molecule has 1 aliphatic carbocycles. The Hall–Kier alpha value is -0.380. The molecule has 1 N–H and O–H groups in total. The van der Waals surface area contributed by atoms with Gasteiger partial charge in [0.25, 0.3) is 0 Å². The van der Waals surface area contributed by atoms with Crippen molar-refractivity contribution in [1.82, 2.24) is 10.2 Å². The molecule has 0 bridgehead atoms. The van der Waals surface area contributed by atoms with E-state index in [-0.39, 0.29) is 0 Å². The number of hydrogen-bond donors (Lipinski definition) is 1. The van der Waals surface area contributed by atoms with Crippen molar-refractivity contribution in [2.24, 2.45) is 0 Å². The molecule has 1 saturated carbocycles. The first-order valence-electron chi connectivity index (χ1n) is 6.76. The Kier molecular flexibility index (Phi) is 5.01. The summed E-state index contributed by atoms with van der Waals surface area (Å²) in [6, 6.07) is 3.82. The first-order chi connectivity index (χ1) is 8.35. The van der Waals surface area contributed by atoms with Gasteiger partial charge in [0.2, 0.25) is 0 Å². The third-order valence-electron chi connectivity index (χ3n) is 3.49. The minimum atomic E-state index is 0.706. The molecule has 0 spiro atoms. The zero-order valence-corrected chi connectivity index (χ0v) is 11.8. The summed E-state index contributed by atoms with van der Waals surface area (Å²) in [6.07, 6.45) is 5.38. The average Bonchev–Trinajstić information content (AvgIpc) is 3.04. The molecule has 1 atom stereocenters. The Labute approximate surface area is 109 Å². The number of nitrogens with one attached hydrogen (secondary N) is 1. The SMILES string of the molecule is CCCC(CNC)N(Cc1ccsc1)C1CC1. The van der Waals surface area contributed by atoms with Gasteiger partial charge in [0.1, 0.15) is 0 Å². The van der Waals surface area contributed by atoms with Gasteiger partial charge in [0, 0.05) is 25.2 Å². The van der Waals surface area contributed by atoms with E-state index in [9.17, 15) is 0 Å². The quantitative estimate of drug-likeness (QED) is 0.765. The van der Waals surface area contributed by atoms with Gasteiger partial charge in [-0.3, -0.25) is 4.90 Å². The van der Waals surface area contributed by atoms with E-state index in [0.29, 0.717) is 6.04 Å². The van der Waals surface area contributed by atoms with Gasteiger partial charge in [-0.15, -0.1) is 0 Å². The van der Waals surface area contributed by atoms with Crippen LogP contribution in [0.15, 0.2) is 16.8 Å². The monoisotopic (exact) mass is 252 g/mol. The molecule has 3 heteroatoms. The van der Waals surface area contributed by atoms with E-state index in [1.165, 1.54) is 31.2 Å². The summed E-state index contributed by atoms with van der Waals surface area (Å²) in [5.41, 5.74) is 1.49. The summed E-state index contributed by atoms with van der Waals surface area (Å²) < 4.78 is 0. The Morgan fingerprint density at radius 1 is 1.53 bits per heavy atom. The van der Waals surface area contributed by atoms with E-state index in [1.807, 2.05) is 11.3 Å². The summed E-state index contributed by atoms with van der Waals surface area (Å²) in [6.45, 7) is 4.55. The smallest absolute Gasteiger partial charge is 0.0248 e. The summed E-state index contributed by atoms with van der Waals surface area (Å²) in [5, 5.41) is 7.83. The Morgan fingerprint density at radius 2 is 2.35 bits per heavy atom. The molecule has 0 aromatic carbocycles. The molecule has 1 unspecified atom stereocenters. The van der Waals surface area contributed by atoms with Crippen LogP contribution < -0.4 is 5.32 Å². The normalized spacial score (nSPS) is 17.6. The lowest BCUT2D eigenvalue weighted by atomic mass is 10.1. The molecule has 0 radical (unpaired) electrons. The van der Waals surface area contributed by atoms with Crippen molar-refractivity contribution < 1.29 is 0 Å². The molecule has 2 nitrogen and oxygen atoms in total. The molecule has 2 rings (SSSR count). The Balaban J connectivity index is 1.98. The van der Waals surface area contributed by atoms with Gasteiger partial charge >= 0.3 is 0 Å². The maximum Gasteiger partial charge on any atom is 0.0248 e. The third-order valence-corrected chi connectivity index (χ3v) is 4.22. The van der Waals surface area contributed by atoms with Crippen molar-refractivity contribution in [3.8, 4) is 0 Å². The van der Waals surface area contributed by atoms with Gasteiger partial charge < -0.3 is 5.32 Å². The van der Waals surface area contributed by atoms with Crippen LogP contribution in [0.5, 0.6) is 0 Å². The van der Waals surface area contributed by atoms with Crippen LogP contribution in [0, 0.1) is 0 Å². The minimum Gasteiger partial charge on any atom is -0.318 e. The largest absolute Gasteiger partial charge is 0.318 e. The average molecular weight is 252 g/mol. The van der Waals surface area contributed by atoms with Crippen molar-refractivity contribution in [2.45, 2.75) is 51.2 Å². The second-order valence-electron chi connectivity index (χ2n) is 5.04. The van der Waals surface area contributed by atoms with Crippen LogP contribution in [0.3, 0.4) is 0 Å². The molecular formula is C14H24N2S. The van der Waals surface area contributed by atoms with E-state index in [0.717, 1.165) is 19.1 Å². The predicted octanol–water partition coefficient (Wildman–Crippen LogP) is 3.10. The standard InChI is InChI=1S/C14H24N2S/c1-3-4-14(9-15-2)16(13-5-6-13)10-12-7-8-17-11-12/h7-8,11,13-15H,3-6,9-10H2,1-2H3. The molecule has 1 heterocycles. The zero-order chi connectivity index (χ0) is 12.1. The van der Waals surface area contributed by atoms with Crippen molar-refractivity contribution in [3.63, 3.8) is 0 Å². The lowest BCUT2D eigenvalue weighted by molar-refractivity contribution is 0.165. The maximum atomic E-state index is 3.36. The summed E-state index contributed by atoms with van der Waals surface area (Å²) in [4.78, 5) is 2.72. The van der Waals surface area contributed by atoms with E-state index < -0.39 is 0 Å². The Morgan fingerprint density at radius 3 is 2.88 bits per heavy atom. The highest BCUT2D eigenvalue weighted by molar-refractivity contribution is 7.07. The third kappa shape index (κ3) is 3.80. The van der Waals surface area contributed by atoms with E-state index in [2.05, 4.69) is 41.0 Å². The first-order valence-corrected chi connectivity index (χ1v) is 7.70. The zero-order valence-electron chi connectivity index (χ0n) is 11.0. The number of nitrogens with zero attached hydrogens (tertiary/aromatic N) is 1. The summed E-state index contributed by atoms with van der Waals surface area (Å²) in [7, 11) is 2.07. The first kappa shape index (κ1) is 13.1. The molecule has 96 valence electrons. The fraction of sp³-hybridized carbons (Fsp3) is 0.714. The van der Waals surface area contributed by atoms with Gasteiger partial charge in [-0.25, -0.2) is 0 Å². The Bertz CT molecular complexity index is 300. The minimum absolute atomic E-state index is 0.706. The summed E-state index contributed by atoms with van der Waals surface area (Å²) >= 11 is 1.81.